The molecule has 5 heteroatoms. The summed E-state index contributed by atoms with van der Waals surface area (Å²) in [5.74, 6) is -0.372. The molecule has 1 aliphatic rings. The maximum absolute atomic E-state index is 13.2. The van der Waals surface area contributed by atoms with Gasteiger partial charge < -0.3 is 10.6 Å². The van der Waals surface area contributed by atoms with Crippen LogP contribution in [0.1, 0.15) is 18.4 Å². The van der Waals surface area contributed by atoms with Crippen molar-refractivity contribution in [1.29, 1.82) is 0 Å². The number of nitrogens with one attached hydrogen (secondary N) is 2. The van der Waals surface area contributed by atoms with Crippen LogP contribution in [0.4, 0.5) is 10.1 Å². The first-order chi connectivity index (χ1) is 7.68. The Morgan fingerprint density at radius 3 is 2.94 bits per heavy atom. The molecule has 2 rings (SSSR count). The standard InChI is InChI=1S/C12H15FN2O.ClH/c1-8-9(13)4-2-5-10(8)15-12(16)11-6-3-7-14-11;/h2,4-5,11,14H,3,6-7H2,1H3,(H,15,16);1H/t11-;/m0./s1. The van der Waals surface area contributed by atoms with E-state index in [9.17, 15) is 9.18 Å². The minimum atomic E-state index is -0.294. The Balaban J connectivity index is 0.00000144. The molecule has 2 N–H and O–H groups in total. The molecule has 1 atom stereocenters. The topological polar surface area (TPSA) is 41.1 Å². The van der Waals surface area contributed by atoms with Gasteiger partial charge in [-0.05, 0) is 38.4 Å². The highest BCUT2D eigenvalue weighted by Crippen LogP contribution is 2.18. The Morgan fingerprint density at radius 1 is 1.53 bits per heavy atom. The third-order valence-electron chi connectivity index (χ3n) is 2.90. The van der Waals surface area contributed by atoms with Gasteiger partial charge in [0.1, 0.15) is 5.82 Å². The summed E-state index contributed by atoms with van der Waals surface area (Å²) in [5.41, 5.74) is 1.03. The number of anilines is 1. The van der Waals surface area contributed by atoms with Crippen LogP contribution in [0.25, 0.3) is 0 Å². The molecule has 0 radical (unpaired) electrons. The van der Waals surface area contributed by atoms with Crippen molar-refractivity contribution in [3.05, 3.63) is 29.6 Å². The summed E-state index contributed by atoms with van der Waals surface area (Å²) in [4.78, 5) is 11.8. The van der Waals surface area contributed by atoms with E-state index in [1.54, 1.807) is 19.1 Å². The maximum Gasteiger partial charge on any atom is 0.241 e. The molecule has 17 heavy (non-hydrogen) atoms. The fourth-order valence-corrected chi connectivity index (χ4v) is 1.87. The van der Waals surface area contributed by atoms with Crippen molar-refractivity contribution in [3.8, 4) is 0 Å². The molecule has 0 saturated carbocycles. The van der Waals surface area contributed by atoms with E-state index < -0.39 is 0 Å². The van der Waals surface area contributed by atoms with E-state index in [1.165, 1.54) is 6.07 Å². The zero-order valence-corrected chi connectivity index (χ0v) is 10.4. The van der Waals surface area contributed by atoms with Crippen molar-refractivity contribution in [2.75, 3.05) is 11.9 Å². The van der Waals surface area contributed by atoms with Crippen LogP contribution in [0.15, 0.2) is 18.2 Å². The highest BCUT2D eigenvalue weighted by atomic mass is 35.5. The van der Waals surface area contributed by atoms with Gasteiger partial charge in [0.2, 0.25) is 5.91 Å². The molecule has 1 aliphatic heterocycles. The zero-order chi connectivity index (χ0) is 11.5. The van der Waals surface area contributed by atoms with Gasteiger partial charge in [-0.25, -0.2) is 4.39 Å². The van der Waals surface area contributed by atoms with Crippen molar-refractivity contribution in [3.63, 3.8) is 0 Å². The fourth-order valence-electron chi connectivity index (χ4n) is 1.87. The Morgan fingerprint density at radius 2 is 2.29 bits per heavy atom. The Labute approximate surface area is 106 Å². The lowest BCUT2D eigenvalue weighted by Crippen LogP contribution is -2.35. The number of amides is 1. The van der Waals surface area contributed by atoms with E-state index in [2.05, 4.69) is 10.6 Å². The normalized spacial score (nSPS) is 18.6. The average molecular weight is 259 g/mol. The Kier molecular flexibility index (Phi) is 4.90. The number of hydrogen-bond donors (Lipinski definition) is 2. The number of halogens is 2. The number of carbonyl (C=O) groups is 1. The highest BCUT2D eigenvalue weighted by Gasteiger charge is 2.22. The molecular formula is C12H16ClFN2O. The van der Waals surface area contributed by atoms with E-state index in [1.807, 2.05) is 0 Å². The second-order valence-electron chi connectivity index (χ2n) is 4.05. The quantitative estimate of drug-likeness (QED) is 0.854. The molecule has 1 fully saturated rings. The van der Waals surface area contributed by atoms with E-state index in [-0.39, 0.29) is 30.2 Å². The largest absolute Gasteiger partial charge is 0.324 e. The molecule has 0 aromatic heterocycles. The van der Waals surface area contributed by atoms with Gasteiger partial charge in [0.25, 0.3) is 0 Å². The first kappa shape index (κ1) is 13.9. The van der Waals surface area contributed by atoms with Crippen molar-refractivity contribution >= 4 is 24.0 Å². The fraction of sp³-hybridized carbons (Fsp3) is 0.417. The molecule has 1 aromatic carbocycles. The molecule has 1 aromatic rings. The zero-order valence-electron chi connectivity index (χ0n) is 9.63. The van der Waals surface area contributed by atoms with Gasteiger partial charge in [0.05, 0.1) is 6.04 Å². The van der Waals surface area contributed by atoms with Crippen LogP contribution in [-0.4, -0.2) is 18.5 Å². The molecule has 1 heterocycles. The minimum absolute atomic E-state index is 0. The predicted octanol–water partition coefficient (Wildman–Crippen LogP) is 2.25. The number of carbonyl (C=O) groups excluding carboxylic acids is 1. The van der Waals surface area contributed by atoms with Gasteiger partial charge in [-0.3, -0.25) is 4.79 Å². The van der Waals surface area contributed by atoms with Gasteiger partial charge in [-0.15, -0.1) is 12.4 Å². The summed E-state index contributed by atoms with van der Waals surface area (Å²) in [6, 6.07) is 4.56. The van der Waals surface area contributed by atoms with Crippen molar-refractivity contribution in [2.45, 2.75) is 25.8 Å². The summed E-state index contributed by atoms with van der Waals surface area (Å²) in [7, 11) is 0. The van der Waals surface area contributed by atoms with Gasteiger partial charge in [0, 0.05) is 11.3 Å². The second kappa shape index (κ2) is 5.98. The molecule has 0 spiro atoms. The summed E-state index contributed by atoms with van der Waals surface area (Å²) >= 11 is 0. The molecule has 0 bridgehead atoms. The van der Waals surface area contributed by atoms with Crippen LogP contribution in [0.5, 0.6) is 0 Å². The smallest absolute Gasteiger partial charge is 0.241 e. The molecule has 1 saturated heterocycles. The van der Waals surface area contributed by atoms with Gasteiger partial charge in [-0.1, -0.05) is 6.07 Å². The van der Waals surface area contributed by atoms with E-state index in [0.29, 0.717) is 11.3 Å². The van der Waals surface area contributed by atoms with Crippen LogP contribution < -0.4 is 10.6 Å². The first-order valence-electron chi connectivity index (χ1n) is 5.48. The van der Waals surface area contributed by atoms with Crippen LogP contribution >= 0.6 is 12.4 Å². The van der Waals surface area contributed by atoms with Crippen LogP contribution in [0.3, 0.4) is 0 Å². The van der Waals surface area contributed by atoms with E-state index in [4.69, 9.17) is 0 Å². The van der Waals surface area contributed by atoms with Crippen molar-refractivity contribution < 1.29 is 9.18 Å². The molecule has 1 amide bonds. The third kappa shape index (κ3) is 3.17. The summed E-state index contributed by atoms with van der Waals surface area (Å²) < 4.78 is 13.2. The van der Waals surface area contributed by atoms with Crippen LogP contribution in [0, 0.1) is 12.7 Å². The number of hydrogen-bond acceptors (Lipinski definition) is 2. The molecule has 94 valence electrons. The summed E-state index contributed by atoms with van der Waals surface area (Å²) in [5, 5.41) is 5.86. The lowest BCUT2D eigenvalue weighted by molar-refractivity contribution is -0.117. The molecule has 0 aliphatic carbocycles. The van der Waals surface area contributed by atoms with E-state index >= 15 is 0 Å². The highest BCUT2D eigenvalue weighted by molar-refractivity contribution is 5.95. The van der Waals surface area contributed by atoms with Crippen LogP contribution in [0.2, 0.25) is 0 Å². The lowest BCUT2D eigenvalue weighted by atomic mass is 10.1. The van der Waals surface area contributed by atoms with Crippen molar-refractivity contribution in [1.82, 2.24) is 5.32 Å². The Hall–Kier alpha value is -1.13. The summed E-state index contributed by atoms with van der Waals surface area (Å²) in [6.45, 7) is 2.53. The lowest BCUT2D eigenvalue weighted by Gasteiger charge is -2.13. The van der Waals surface area contributed by atoms with E-state index in [0.717, 1.165) is 19.4 Å². The summed E-state index contributed by atoms with van der Waals surface area (Å²) in [6.07, 6.45) is 1.86. The minimum Gasteiger partial charge on any atom is -0.324 e. The monoisotopic (exact) mass is 258 g/mol. The molecule has 0 unspecified atom stereocenters. The Bertz CT molecular complexity index is 405. The number of rotatable bonds is 2. The molecular weight excluding hydrogens is 243 g/mol. The maximum atomic E-state index is 13.2. The average Bonchev–Trinajstić information content (AvgIpc) is 2.78. The van der Waals surface area contributed by atoms with Gasteiger partial charge >= 0.3 is 0 Å². The SMILES string of the molecule is Cc1c(F)cccc1NC(=O)[C@@H]1CCCN1.Cl. The molecule has 3 nitrogen and oxygen atoms in total. The number of benzene rings is 1. The predicted molar refractivity (Wildman–Crippen MR) is 68.0 cm³/mol. The van der Waals surface area contributed by atoms with Gasteiger partial charge in [-0.2, -0.15) is 0 Å². The third-order valence-corrected chi connectivity index (χ3v) is 2.90. The van der Waals surface area contributed by atoms with Crippen molar-refractivity contribution in [2.24, 2.45) is 0 Å². The van der Waals surface area contributed by atoms with Crippen LogP contribution in [-0.2, 0) is 4.79 Å². The van der Waals surface area contributed by atoms with Gasteiger partial charge in [0.15, 0.2) is 0 Å². The second-order valence-corrected chi connectivity index (χ2v) is 4.05. The first-order valence-corrected chi connectivity index (χ1v) is 5.48.